The first-order chi connectivity index (χ1) is 11.0. The number of aryl methyl sites for hydroxylation is 2. The molecule has 0 atom stereocenters. The number of carbonyl (C=O) groups excluding carboxylic acids is 2. The van der Waals surface area contributed by atoms with Gasteiger partial charge in [0.15, 0.2) is 0 Å². The van der Waals surface area contributed by atoms with E-state index in [0.29, 0.717) is 5.70 Å². The highest BCUT2D eigenvalue weighted by Gasteiger charge is 2.18. The molecule has 1 aliphatic carbocycles. The van der Waals surface area contributed by atoms with E-state index in [9.17, 15) is 9.59 Å². The number of fused-ring (bicyclic) bond motifs is 1. The van der Waals surface area contributed by atoms with Gasteiger partial charge in [-0.05, 0) is 55.9 Å². The van der Waals surface area contributed by atoms with Gasteiger partial charge in [-0.2, -0.15) is 0 Å². The van der Waals surface area contributed by atoms with Crippen LogP contribution in [0.1, 0.15) is 37.3 Å². The molecule has 5 heteroatoms. The number of esters is 2. The molecule has 0 aromatic heterocycles. The zero-order chi connectivity index (χ0) is 16.8. The quantitative estimate of drug-likeness (QED) is 0.668. The third-order valence-corrected chi connectivity index (χ3v) is 4.11. The number of hydrogen-bond acceptors (Lipinski definition) is 5. The van der Waals surface area contributed by atoms with Gasteiger partial charge in [-0.1, -0.05) is 6.07 Å². The standard InChI is InChI=1S/C18H23NO4/c1-12(16(18(21)23-3)11-17(20)22-2)19-15-9-8-13-6-4-5-7-14(13)10-15/h8-10,19H,4-7,11H2,1-3H3/b16-12-. The minimum Gasteiger partial charge on any atom is -0.469 e. The average molecular weight is 317 g/mol. The molecule has 0 radical (unpaired) electrons. The summed E-state index contributed by atoms with van der Waals surface area (Å²) in [7, 11) is 2.59. The average Bonchev–Trinajstić information content (AvgIpc) is 2.58. The van der Waals surface area contributed by atoms with Crippen LogP contribution in [0.15, 0.2) is 29.5 Å². The zero-order valence-corrected chi connectivity index (χ0v) is 13.9. The lowest BCUT2D eigenvalue weighted by Crippen LogP contribution is -2.15. The van der Waals surface area contributed by atoms with Crippen LogP contribution in [-0.4, -0.2) is 26.2 Å². The Morgan fingerprint density at radius 2 is 1.78 bits per heavy atom. The maximum atomic E-state index is 11.9. The first-order valence-electron chi connectivity index (χ1n) is 7.79. The highest BCUT2D eigenvalue weighted by Crippen LogP contribution is 2.25. The lowest BCUT2D eigenvalue weighted by Gasteiger charge is -2.18. The van der Waals surface area contributed by atoms with E-state index in [4.69, 9.17) is 4.74 Å². The monoisotopic (exact) mass is 317 g/mol. The fourth-order valence-corrected chi connectivity index (χ4v) is 2.80. The van der Waals surface area contributed by atoms with Gasteiger partial charge in [-0.15, -0.1) is 0 Å². The second-order valence-electron chi connectivity index (χ2n) is 5.66. The molecular formula is C18H23NO4. The highest BCUT2D eigenvalue weighted by atomic mass is 16.5. The van der Waals surface area contributed by atoms with Gasteiger partial charge in [0, 0.05) is 11.4 Å². The van der Waals surface area contributed by atoms with E-state index in [1.165, 1.54) is 38.2 Å². The lowest BCUT2D eigenvalue weighted by molar-refractivity contribution is -0.143. The van der Waals surface area contributed by atoms with Gasteiger partial charge in [0.2, 0.25) is 0 Å². The van der Waals surface area contributed by atoms with E-state index < -0.39 is 11.9 Å². The number of methoxy groups -OCH3 is 2. The summed E-state index contributed by atoms with van der Waals surface area (Å²) in [6, 6.07) is 6.24. The summed E-state index contributed by atoms with van der Waals surface area (Å²) in [6.45, 7) is 1.76. The molecule has 1 aromatic carbocycles. The third kappa shape index (κ3) is 4.34. The summed E-state index contributed by atoms with van der Waals surface area (Å²) in [5.41, 5.74) is 4.53. The summed E-state index contributed by atoms with van der Waals surface area (Å²) in [5, 5.41) is 3.21. The topological polar surface area (TPSA) is 64.6 Å². The number of nitrogens with one attached hydrogen (secondary N) is 1. The largest absolute Gasteiger partial charge is 0.469 e. The first kappa shape index (κ1) is 17.1. The molecule has 23 heavy (non-hydrogen) atoms. The Bertz CT molecular complexity index is 634. The second kappa shape index (κ2) is 7.81. The van der Waals surface area contributed by atoms with Gasteiger partial charge in [-0.3, -0.25) is 4.79 Å². The van der Waals surface area contributed by atoms with E-state index in [1.807, 2.05) is 6.07 Å². The Kier molecular flexibility index (Phi) is 5.79. The van der Waals surface area contributed by atoms with Gasteiger partial charge in [0.1, 0.15) is 0 Å². The van der Waals surface area contributed by atoms with Crippen molar-refractivity contribution >= 4 is 17.6 Å². The van der Waals surface area contributed by atoms with Crippen molar-refractivity contribution in [1.82, 2.24) is 0 Å². The Morgan fingerprint density at radius 3 is 2.43 bits per heavy atom. The van der Waals surface area contributed by atoms with Crippen LogP contribution < -0.4 is 5.32 Å². The Labute approximate surface area is 136 Å². The number of rotatable bonds is 5. The predicted molar refractivity (Wildman–Crippen MR) is 88.1 cm³/mol. The molecule has 0 spiro atoms. The van der Waals surface area contributed by atoms with Crippen molar-refractivity contribution in [3.05, 3.63) is 40.6 Å². The molecule has 0 saturated carbocycles. The summed E-state index contributed by atoms with van der Waals surface area (Å²) in [6.07, 6.45) is 4.54. The molecule has 0 aliphatic heterocycles. The number of benzene rings is 1. The normalized spacial score (nSPS) is 14.4. The van der Waals surface area contributed by atoms with Gasteiger partial charge in [-0.25, -0.2) is 4.79 Å². The number of anilines is 1. The van der Waals surface area contributed by atoms with E-state index in [1.54, 1.807) is 6.92 Å². The fourth-order valence-electron chi connectivity index (χ4n) is 2.80. The minimum absolute atomic E-state index is 0.118. The van der Waals surface area contributed by atoms with Crippen molar-refractivity contribution < 1.29 is 19.1 Å². The molecule has 1 aliphatic rings. The van der Waals surface area contributed by atoms with E-state index in [-0.39, 0.29) is 12.0 Å². The van der Waals surface area contributed by atoms with E-state index in [0.717, 1.165) is 18.5 Å². The molecular weight excluding hydrogens is 294 g/mol. The van der Waals surface area contributed by atoms with Crippen LogP contribution in [0.2, 0.25) is 0 Å². The Balaban J connectivity index is 2.23. The van der Waals surface area contributed by atoms with Gasteiger partial charge < -0.3 is 14.8 Å². The van der Waals surface area contributed by atoms with Crippen molar-refractivity contribution in [1.29, 1.82) is 0 Å². The lowest BCUT2D eigenvalue weighted by atomic mass is 9.91. The van der Waals surface area contributed by atoms with Crippen molar-refractivity contribution in [3.63, 3.8) is 0 Å². The number of hydrogen-bond donors (Lipinski definition) is 1. The molecule has 0 unspecified atom stereocenters. The van der Waals surface area contributed by atoms with E-state index >= 15 is 0 Å². The molecule has 124 valence electrons. The molecule has 1 N–H and O–H groups in total. The van der Waals surface area contributed by atoms with Crippen LogP contribution in [-0.2, 0) is 31.9 Å². The fraction of sp³-hybridized carbons (Fsp3) is 0.444. The minimum atomic E-state index is -0.529. The molecule has 0 heterocycles. The molecule has 1 aromatic rings. The first-order valence-corrected chi connectivity index (χ1v) is 7.79. The molecule has 2 rings (SSSR count). The summed E-state index contributed by atoms with van der Waals surface area (Å²) in [5.74, 6) is -1.00. The smallest absolute Gasteiger partial charge is 0.336 e. The summed E-state index contributed by atoms with van der Waals surface area (Å²) < 4.78 is 9.40. The molecule has 0 amide bonds. The van der Waals surface area contributed by atoms with Crippen LogP contribution in [0.5, 0.6) is 0 Å². The van der Waals surface area contributed by atoms with Crippen LogP contribution in [0.4, 0.5) is 5.69 Å². The van der Waals surface area contributed by atoms with Crippen molar-refractivity contribution in [2.45, 2.75) is 39.0 Å². The summed E-state index contributed by atoms with van der Waals surface area (Å²) >= 11 is 0. The van der Waals surface area contributed by atoms with Gasteiger partial charge in [0.05, 0.1) is 26.2 Å². The Hall–Kier alpha value is -2.30. The maximum absolute atomic E-state index is 11.9. The van der Waals surface area contributed by atoms with Crippen molar-refractivity contribution in [2.75, 3.05) is 19.5 Å². The predicted octanol–water partition coefficient (Wildman–Crippen LogP) is 2.99. The van der Waals surface area contributed by atoms with Crippen molar-refractivity contribution in [2.24, 2.45) is 0 Å². The van der Waals surface area contributed by atoms with Crippen LogP contribution >= 0.6 is 0 Å². The van der Waals surface area contributed by atoms with Crippen molar-refractivity contribution in [3.8, 4) is 0 Å². The second-order valence-corrected chi connectivity index (χ2v) is 5.66. The number of allylic oxidation sites excluding steroid dienone is 1. The molecule has 0 fully saturated rings. The van der Waals surface area contributed by atoms with Gasteiger partial charge in [0.25, 0.3) is 0 Å². The van der Waals surface area contributed by atoms with Gasteiger partial charge >= 0.3 is 11.9 Å². The maximum Gasteiger partial charge on any atom is 0.336 e. The van der Waals surface area contributed by atoms with Crippen LogP contribution in [0.3, 0.4) is 0 Å². The molecule has 0 saturated heterocycles. The zero-order valence-electron chi connectivity index (χ0n) is 13.9. The number of carbonyl (C=O) groups is 2. The van der Waals surface area contributed by atoms with E-state index in [2.05, 4.69) is 22.2 Å². The van der Waals surface area contributed by atoms with Crippen LogP contribution in [0, 0.1) is 0 Å². The summed E-state index contributed by atoms with van der Waals surface area (Å²) in [4.78, 5) is 23.4. The molecule has 5 nitrogen and oxygen atoms in total. The molecule has 0 bridgehead atoms. The highest BCUT2D eigenvalue weighted by molar-refractivity contribution is 5.95. The Morgan fingerprint density at radius 1 is 1.09 bits per heavy atom. The van der Waals surface area contributed by atoms with Crippen LogP contribution in [0.25, 0.3) is 0 Å². The third-order valence-electron chi connectivity index (χ3n) is 4.11. The SMILES string of the molecule is COC(=O)C/C(C(=O)OC)=C(\C)Nc1ccc2c(c1)CCCC2. The number of ether oxygens (including phenoxy) is 2.